The van der Waals surface area contributed by atoms with Crippen LogP contribution in [0.2, 0.25) is 0 Å². The number of nitrogens with two attached hydrogens (primary N) is 1. The molecule has 0 aromatic carbocycles. The Balaban J connectivity index is 1.54. The first-order valence-corrected chi connectivity index (χ1v) is 7.13. The van der Waals surface area contributed by atoms with Crippen molar-refractivity contribution in [1.29, 1.82) is 0 Å². The van der Waals surface area contributed by atoms with Crippen molar-refractivity contribution >= 4 is 6.09 Å². The molecule has 7 nitrogen and oxygen atoms in total. The smallest absolute Gasteiger partial charge is 0.404 e. The third kappa shape index (κ3) is 3.55. The zero-order valence-electron chi connectivity index (χ0n) is 11.8. The first kappa shape index (κ1) is 13.9. The molecule has 1 fully saturated rings. The van der Waals surface area contributed by atoms with Crippen LogP contribution in [0.3, 0.4) is 0 Å². The van der Waals surface area contributed by atoms with E-state index in [2.05, 4.69) is 9.88 Å². The maximum atomic E-state index is 10.7. The van der Waals surface area contributed by atoms with Crippen LogP contribution in [0.15, 0.2) is 12.3 Å². The SMILES string of the molecule is NC(=O)OC1CCN(Cc2cc3c(cn2)OCCO3)CC1. The van der Waals surface area contributed by atoms with Crippen molar-refractivity contribution in [3.05, 3.63) is 18.0 Å². The fourth-order valence-corrected chi connectivity index (χ4v) is 2.65. The zero-order chi connectivity index (χ0) is 14.7. The van der Waals surface area contributed by atoms with Crippen LogP contribution < -0.4 is 15.2 Å². The average Bonchev–Trinajstić information content (AvgIpc) is 2.49. The van der Waals surface area contributed by atoms with Crippen molar-refractivity contribution in [3.8, 4) is 11.5 Å². The van der Waals surface area contributed by atoms with Gasteiger partial charge in [0.05, 0.1) is 11.9 Å². The Hall–Kier alpha value is -2.02. The molecular weight excluding hydrogens is 274 g/mol. The number of piperidine rings is 1. The second-order valence-electron chi connectivity index (χ2n) is 5.23. The fraction of sp³-hybridized carbons (Fsp3) is 0.571. The van der Waals surface area contributed by atoms with Crippen LogP contribution in [-0.4, -0.2) is 48.4 Å². The summed E-state index contributed by atoms with van der Waals surface area (Å²) in [6.45, 7) is 3.61. The maximum Gasteiger partial charge on any atom is 0.404 e. The second kappa shape index (κ2) is 6.17. The minimum atomic E-state index is -0.693. The standard InChI is InChI=1S/C14H19N3O4/c15-14(18)21-11-1-3-17(4-2-11)9-10-7-12-13(8-16-10)20-6-5-19-12/h7-8,11H,1-6,9H2,(H2,15,18). The molecule has 1 aromatic rings. The molecule has 0 atom stereocenters. The van der Waals surface area contributed by atoms with E-state index in [0.29, 0.717) is 19.0 Å². The van der Waals surface area contributed by atoms with Gasteiger partial charge in [-0.15, -0.1) is 0 Å². The van der Waals surface area contributed by atoms with E-state index in [0.717, 1.165) is 43.9 Å². The Morgan fingerprint density at radius 2 is 2.05 bits per heavy atom. The highest BCUT2D eigenvalue weighted by atomic mass is 16.6. The minimum Gasteiger partial charge on any atom is -0.486 e. The van der Waals surface area contributed by atoms with E-state index in [1.54, 1.807) is 6.20 Å². The molecular formula is C14H19N3O4. The van der Waals surface area contributed by atoms with E-state index < -0.39 is 6.09 Å². The lowest BCUT2D eigenvalue weighted by molar-refractivity contribution is 0.0536. The van der Waals surface area contributed by atoms with Crippen molar-refractivity contribution in [2.45, 2.75) is 25.5 Å². The molecule has 0 unspecified atom stereocenters. The van der Waals surface area contributed by atoms with Crippen LogP contribution in [0.1, 0.15) is 18.5 Å². The van der Waals surface area contributed by atoms with Crippen LogP contribution in [0.4, 0.5) is 4.79 Å². The summed E-state index contributed by atoms with van der Waals surface area (Å²) in [4.78, 5) is 17.4. The van der Waals surface area contributed by atoms with Crippen molar-refractivity contribution in [3.63, 3.8) is 0 Å². The van der Waals surface area contributed by atoms with Gasteiger partial charge in [-0.2, -0.15) is 0 Å². The number of aromatic nitrogens is 1. The molecule has 0 radical (unpaired) electrons. The number of pyridine rings is 1. The van der Waals surface area contributed by atoms with Gasteiger partial charge in [0.25, 0.3) is 0 Å². The number of hydrogen-bond acceptors (Lipinski definition) is 6. The van der Waals surface area contributed by atoms with Gasteiger partial charge in [-0.1, -0.05) is 0 Å². The molecule has 114 valence electrons. The molecule has 1 aromatic heterocycles. The number of hydrogen-bond donors (Lipinski definition) is 1. The number of carbonyl (C=O) groups excluding carboxylic acids is 1. The van der Waals surface area contributed by atoms with Gasteiger partial charge < -0.3 is 19.9 Å². The lowest BCUT2D eigenvalue weighted by Crippen LogP contribution is -2.38. The van der Waals surface area contributed by atoms with Crippen LogP contribution in [0.25, 0.3) is 0 Å². The van der Waals surface area contributed by atoms with Crippen molar-refractivity contribution in [1.82, 2.24) is 9.88 Å². The first-order chi connectivity index (χ1) is 10.2. The molecule has 0 spiro atoms. The van der Waals surface area contributed by atoms with Gasteiger partial charge in [-0.25, -0.2) is 4.79 Å². The first-order valence-electron chi connectivity index (χ1n) is 7.13. The van der Waals surface area contributed by atoms with Gasteiger partial charge in [0.2, 0.25) is 0 Å². The third-order valence-electron chi connectivity index (χ3n) is 3.69. The Bertz CT molecular complexity index is 515. The van der Waals surface area contributed by atoms with Crippen LogP contribution in [0.5, 0.6) is 11.5 Å². The fourth-order valence-electron chi connectivity index (χ4n) is 2.65. The number of primary amides is 1. The van der Waals surface area contributed by atoms with Crippen molar-refractivity contribution < 1.29 is 19.0 Å². The van der Waals surface area contributed by atoms with Gasteiger partial charge in [-0.3, -0.25) is 9.88 Å². The Morgan fingerprint density at radius 1 is 1.33 bits per heavy atom. The molecule has 3 heterocycles. The molecule has 1 amide bonds. The van der Waals surface area contributed by atoms with E-state index in [4.69, 9.17) is 19.9 Å². The van der Waals surface area contributed by atoms with Gasteiger partial charge >= 0.3 is 6.09 Å². The molecule has 1 saturated heterocycles. The number of likely N-dealkylation sites (tertiary alicyclic amines) is 1. The highest BCUT2D eigenvalue weighted by molar-refractivity contribution is 5.64. The highest BCUT2D eigenvalue weighted by Crippen LogP contribution is 2.29. The van der Waals surface area contributed by atoms with Gasteiger partial charge in [0, 0.05) is 25.7 Å². The summed E-state index contributed by atoms with van der Waals surface area (Å²) in [6.07, 6.45) is 2.56. The number of carbonyl (C=O) groups is 1. The summed E-state index contributed by atoms with van der Waals surface area (Å²) in [6, 6.07) is 1.93. The van der Waals surface area contributed by atoms with Gasteiger partial charge in [-0.05, 0) is 12.8 Å². The van der Waals surface area contributed by atoms with Gasteiger partial charge in [0.15, 0.2) is 11.5 Å². The molecule has 2 aliphatic heterocycles. The zero-order valence-corrected chi connectivity index (χ0v) is 11.8. The summed E-state index contributed by atoms with van der Waals surface area (Å²) in [5, 5.41) is 0. The highest BCUT2D eigenvalue weighted by Gasteiger charge is 2.22. The maximum absolute atomic E-state index is 10.7. The van der Waals surface area contributed by atoms with E-state index in [-0.39, 0.29) is 6.10 Å². The van der Waals surface area contributed by atoms with Crippen molar-refractivity contribution in [2.24, 2.45) is 5.73 Å². The number of nitrogens with zero attached hydrogens (tertiary/aromatic N) is 2. The number of ether oxygens (including phenoxy) is 3. The van der Waals surface area contributed by atoms with Crippen LogP contribution in [0, 0.1) is 0 Å². The lowest BCUT2D eigenvalue weighted by Gasteiger charge is -2.31. The predicted molar refractivity (Wildman–Crippen MR) is 74.2 cm³/mol. The monoisotopic (exact) mass is 293 g/mol. The largest absolute Gasteiger partial charge is 0.486 e. The van der Waals surface area contributed by atoms with Gasteiger partial charge in [0.1, 0.15) is 19.3 Å². The average molecular weight is 293 g/mol. The summed E-state index contributed by atoms with van der Waals surface area (Å²) in [7, 11) is 0. The van der Waals surface area contributed by atoms with E-state index >= 15 is 0 Å². The summed E-state index contributed by atoms with van der Waals surface area (Å²) in [5.41, 5.74) is 5.99. The summed E-state index contributed by atoms with van der Waals surface area (Å²) in [5.74, 6) is 1.47. The van der Waals surface area contributed by atoms with Crippen molar-refractivity contribution in [2.75, 3.05) is 26.3 Å². The summed E-state index contributed by atoms with van der Waals surface area (Å²) < 4.78 is 16.0. The molecule has 0 bridgehead atoms. The molecule has 2 N–H and O–H groups in total. The van der Waals surface area contributed by atoms with Crippen LogP contribution in [-0.2, 0) is 11.3 Å². The Morgan fingerprint density at radius 3 is 2.76 bits per heavy atom. The van der Waals surface area contributed by atoms with E-state index in [1.165, 1.54) is 0 Å². The third-order valence-corrected chi connectivity index (χ3v) is 3.69. The topological polar surface area (TPSA) is 86.9 Å². The van der Waals surface area contributed by atoms with Crippen LogP contribution >= 0.6 is 0 Å². The number of amides is 1. The lowest BCUT2D eigenvalue weighted by atomic mass is 10.1. The van der Waals surface area contributed by atoms with E-state index in [1.807, 2.05) is 6.07 Å². The number of fused-ring (bicyclic) bond motifs is 1. The Kier molecular flexibility index (Phi) is 4.10. The molecule has 0 aliphatic carbocycles. The molecule has 0 saturated carbocycles. The minimum absolute atomic E-state index is 0.0630. The normalized spacial score (nSPS) is 19.2. The summed E-state index contributed by atoms with van der Waals surface area (Å²) >= 11 is 0. The second-order valence-corrected chi connectivity index (χ2v) is 5.23. The molecule has 3 rings (SSSR count). The molecule has 21 heavy (non-hydrogen) atoms. The van der Waals surface area contributed by atoms with E-state index in [9.17, 15) is 4.79 Å². The molecule has 2 aliphatic rings. The quantitative estimate of drug-likeness (QED) is 0.891. The number of rotatable bonds is 3. The predicted octanol–water partition coefficient (Wildman–Crippen LogP) is 0.912. The Labute approximate surface area is 123 Å². The molecule has 7 heteroatoms.